The summed E-state index contributed by atoms with van der Waals surface area (Å²) in [5.74, 6) is 0.705. The summed E-state index contributed by atoms with van der Waals surface area (Å²) in [6.07, 6.45) is 14.0. The minimum atomic E-state index is 0.705. The summed E-state index contributed by atoms with van der Waals surface area (Å²) in [5, 5.41) is 0. The third kappa shape index (κ3) is 1.81. The second kappa shape index (κ2) is 4.86. The number of rotatable bonds is 4. The van der Waals surface area contributed by atoms with Crippen molar-refractivity contribution in [3.63, 3.8) is 0 Å². The van der Waals surface area contributed by atoms with E-state index in [0.717, 1.165) is 6.42 Å². The average Bonchev–Trinajstić information content (AvgIpc) is 2.94. The highest BCUT2D eigenvalue weighted by molar-refractivity contribution is 5.57. The molecule has 0 heterocycles. The fraction of sp³-hybridized carbons (Fsp3) is 0.500. The predicted molar refractivity (Wildman–Crippen MR) is 71.3 cm³/mol. The molecule has 2 aliphatic rings. The molecule has 0 nitrogen and oxygen atoms in total. The molecule has 0 fully saturated rings. The van der Waals surface area contributed by atoms with Gasteiger partial charge in [-0.3, -0.25) is 0 Å². The van der Waals surface area contributed by atoms with E-state index >= 15 is 0 Å². The van der Waals surface area contributed by atoms with Gasteiger partial charge in [0.15, 0.2) is 0 Å². The predicted octanol–water partition coefficient (Wildman–Crippen LogP) is 4.96. The molecule has 2 aliphatic carbocycles. The Kier molecular flexibility index (Phi) is 3.48. The second-order valence-electron chi connectivity index (χ2n) is 4.63. The minimum absolute atomic E-state index is 0.705. The number of hydrogen-bond donors (Lipinski definition) is 0. The van der Waals surface area contributed by atoms with Gasteiger partial charge in [0.05, 0.1) is 0 Å². The Morgan fingerprint density at radius 1 is 1.19 bits per heavy atom. The molecule has 2 rings (SSSR count). The molecule has 1 atom stereocenters. The zero-order valence-corrected chi connectivity index (χ0v) is 10.7. The van der Waals surface area contributed by atoms with Crippen LogP contribution >= 0.6 is 0 Å². The van der Waals surface area contributed by atoms with Crippen molar-refractivity contribution in [2.45, 2.75) is 46.5 Å². The maximum atomic E-state index is 2.51. The molecule has 1 unspecified atom stereocenters. The van der Waals surface area contributed by atoms with Crippen molar-refractivity contribution in [3.05, 3.63) is 46.6 Å². The maximum absolute atomic E-state index is 2.51. The smallest absolute Gasteiger partial charge is 0.00108 e. The molecule has 16 heavy (non-hydrogen) atoms. The molecule has 0 bridgehead atoms. The Labute approximate surface area is 99.4 Å². The van der Waals surface area contributed by atoms with Gasteiger partial charge in [-0.25, -0.2) is 0 Å². The summed E-state index contributed by atoms with van der Waals surface area (Å²) in [7, 11) is 0. The fourth-order valence-electron chi connectivity index (χ4n) is 3.00. The Bertz CT molecular complexity index is 388. The third-order valence-corrected chi connectivity index (χ3v) is 3.82. The van der Waals surface area contributed by atoms with Crippen molar-refractivity contribution in [1.29, 1.82) is 0 Å². The van der Waals surface area contributed by atoms with Gasteiger partial charge in [0.2, 0.25) is 0 Å². The zero-order valence-electron chi connectivity index (χ0n) is 10.7. The van der Waals surface area contributed by atoms with E-state index in [2.05, 4.69) is 45.1 Å². The van der Waals surface area contributed by atoms with E-state index in [1.807, 2.05) is 0 Å². The largest absolute Gasteiger partial charge is 0.0801 e. The summed E-state index contributed by atoms with van der Waals surface area (Å²) in [6.45, 7) is 6.89. The Morgan fingerprint density at radius 3 is 2.50 bits per heavy atom. The van der Waals surface area contributed by atoms with Crippen molar-refractivity contribution < 1.29 is 0 Å². The van der Waals surface area contributed by atoms with Crippen LogP contribution < -0.4 is 0 Å². The first kappa shape index (κ1) is 11.4. The molecule has 0 saturated carbocycles. The standard InChI is InChI=1S/C16H22/c1-4-12-11-16(13-9-7-8-10-13)15(6-3)14(12)5-2/h7-9,11-12H,4-6,10H2,1-3H3. The van der Waals surface area contributed by atoms with Gasteiger partial charge < -0.3 is 0 Å². The molecule has 0 aromatic rings. The average molecular weight is 214 g/mol. The van der Waals surface area contributed by atoms with Crippen LogP contribution in [0.15, 0.2) is 46.6 Å². The van der Waals surface area contributed by atoms with Gasteiger partial charge in [-0.1, -0.05) is 50.6 Å². The van der Waals surface area contributed by atoms with Crippen LogP contribution in [0.25, 0.3) is 0 Å². The van der Waals surface area contributed by atoms with Gasteiger partial charge in [-0.05, 0) is 48.3 Å². The van der Waals surface area contributed by atoms with Crippen LogP contribution in [-0.4, -0.2) is 0 Å². The Hall–Kier alpha value is -1.04. The summed E-state index contributed by atoms with van der Waals surface area (Å²) >= 11 is 0. The monoisotopic (exact) mass is 214 g/mol. The topological polar surface area (TPSA) is 0 Å². The van der Waals surface area contributed by atoms with Gasteiger partial charge >= 0.3 is 0 Å². The highest BCUT2D eigenvalue weighted by atomic mass is 14.3. The molecule has 0 aromatic heterocycles. The molecule has 0 aromatic carbocycles. The van der Waals surface area contributed by atoms with Crippen LogP contribution in [0.2, 0.25) is 0 Å². The molecule has 0 aliphatic heterocycles. The lowest BCUT2D eigenvalue weighted by Crippen LogP contribution is -1.96. The van der Waals surface area contributed by atoms with Crippen LogP contribution in [0, 0.1) is 5.92 Å². The number of hydrogen-bond acceptors (Lipinski definition) is 0. The highest BCUT2D eigenvalue weighted by Gasteiger charge is 2.24. The summed E-state index contributed by atoms with van der Waals surface area (Å²) in [6, 6.07) is 0. The zero-order chi connectivity index (χ0) is 11.5. The molecule has 0 saturated heterocycles. The van der Waals surface area contributed by atoms with Crippen LogP contribution in [0.3, 0.4) is 0 Å². The van der Waals surface area contributed by atoms with Crippen LogP contribution in [-0.2, 0) is 0 Å². The Morgan fingerprint density at radius 2 is 2.00 bits per heavy atom. The maximum Gasteiger partial charge on any atom is -0.00108 e. The van der Waals surface area contributed by atoms with E-state index in [9.17, 15) is 0 Å². The molecular formula is C16H22. The Balaban J connectivity index is 2.34. The summed E-state index contributed by atoms with van der Waals surface area (Å²) in [4.78, 5) is 0. The normalized spacial score (nSPS) is 24.1. The van der Waals surface area contributed by atoms with E-state index in [1.165, 1.54) is 24.8 Å². The van der Waals surface area contributed by atoms with Gasteiger partial charge in [-0.15, -0.1) is 0 Å². The fourth-order valence-corrected chi connectivity index (χ4v) is 3.00. The quantitative estimate of drug-likeness (QED) is 0.620. The highest BCUT2D eigenvalue weighted by Crippen LogP contribution is 2.41. The second-order valence-corrected chi connectivity index (χ2v) is 4.63. The lowest BCUT2D eigenvalue weighted by molar-refractivity contribution is 0.704. The van der Waals surface area contributed by atoms with Gasteiger partial charge in [0.25, 0.3) is 0 Å². The molecule has 0 heteroatoms. The lowest BCUT2D eigenvalue weighted by atomic mass is 9.93. The third-order valence-electron chi connectivity index (χ3n) is 3.82. The van der Waals surface area contributed by atoms with E-state index < -0.39 is 0 Å². The molecule has 0 N–H and O–H groups in total. The van der Waals surface area contributed by atoms with Crippen molar-refractivity contribution >= 4 is 0 Å². The van der Waals surface area contributed by atoms with Crippen LogP contribution in [0.4, 0.5) is 0 Å². The first-order valence-electron chi connectivity index (χ1n) is 6.61. The molecule has 0 amide bonds. The number of allylic oxidation sites excluding steroid dienone is 8. The van der Waals surface area contributed by atoms with Crippen molar-refractivity contribution in [3.8, 4) is 0 Å². The van der Waals surface area contributed by atoms with E-state index in [-0.39, 0.29) is 0 Å². The summed E-state index contributed by atoms with van der Waals surface area (Å²) < 4.78 is 0. The summed E-state index contributed by atoms with van der Waals surface area (Å²) in [5.41, 5.74) is 6.40. The van der Waals surface area contributed by atoms with Crippen molar-refractivity contribution in [1.82, 2.24) is 0 Å². The van der Waals surface area contributed by atoms with Crippen LogP contribution in [0.5, 0.6) is 0 Å². The van der Waals surface area contributed by atoms with E-state index in [4.69, 9.17) is 0 Å². The van der Waals surface area contributed by atoms with Crippen LogP contribution in [0.1, 0.15) is 46.5 Å². The molecule has 0 radical (unpaired) electrons. The van der Waals surface area contributed by atoms with Crippen molar-refractivity contribution in [2.75, 3.05) is 0 Å². The first-order valence-corrected chi connectivity index (χ1v) is 6.61. The van der Waals surface area contributed by atoms with Gasteiger partial charge in [0, 0.05) is 0 Å². The van der Waals surface area contributed by atoms with E-state index in [0.29, 0.717) is 5.92 Å². The molecular weight excluding hydrogens is 192 g/mol. The van der Waals surface area contributed by atoms with Gasteiger partial charge in [-0.2, -0.15) is 0 Å². The minimum Gasteiger partial charge on any atom is -0.0801 e. The SMILES string of the molecule is CCC1=C(CC)C(CC)C=C1C1=CC=CC1. The first-order chi connectivity index (χ1) is 7.81. The lowest BCUT2D eigenvalue weighted by Gasteiger charge is -2.12. The van der Waals surface area contributed by atoms with Gasteiger partial charge in [0.1, 0.15) is 0 Å². The molecule has 0 spiro atoms. The van der Waals surface area contributed by atoms with E-state index in [1.54, 1.807) is 16.7 Å². The van der Waals surface area contributed by atoms with Crippen molar-refractivity contribution in [2.24, 2.45) is 5.92 Å². The molecule has 86 valence electrons.